The lowest BCUT2D eigenvalue weighted by Crippen LogP contribution is -2.35. The molecule has 0 saturated carbocycles. The van der Waals surface area contributed by atoms with E-state index in [2.05, 4.69) is 58.6 Å². The molecule has 0 saturated heterocycles. The van der Waals surface area contributed by atoms with Crippen LogP contribution >= 0.6 is 11.8 Å². The van der Waals surface area contributed by atoms with Gasteiger partial charge in [-0.05, 0) is 60.6 Å². The molecular weight excluding hydrogens is 510 g/mol. The molecule has 0 bridgehead atoms. The van der Waals surface area contributed by atoms with Gasteiger partial charge in [-0.2, -0.15) is 0 Å². The Morgan fingerprint density at radius 1 is 0.974 bits per heavy atom. The summed E-state index contributed by atoms with van der Waals surface area (Å²) in [5, 5.41) is 2.62. The van der Waals surface area contributed by atoms with Crippen molar-refractivity contribution in [3.05, 3.63) is 77.9 Å². The van der Waals surface area contributed by atoms with Crippen LogP contribution in [-0.2, 0) is 14.3 Å². The summed E-state index contributed by atoms with van der Waals surface area (Å²) in [4.78, 5) is 25.0. The molecule has 0 aliphatic carbocycles. The molecule has 212 valence electrons. The molecule has 0 aliphatic heterocycles. The molecule has 2 aromatic rings. The standard InChI is InChI=1S/C32H43NO5S/c1-8-29(30(22(2)3)23(4)5)25-14-16-26(17-15-25)37-20-27(21-39-28-12-10-9-11-13-28)38-32(35)33-18-19-36-31(34)24(6)7/h9-17,22-23,27H,6,8,18-21H2,1-5,7H3,(H,33,35). The summed E-state index contributed by atoms with van der Waals surface area (Å²) >= 11 is 1.59. The molecule has 6 nitrogen and oxygen atoms in total. The van der Waals surface area contributed by atoms with Crippen molar-refractivity contribution < 1.29 is 23.8 Å². The fourth-order valence-corrected chi connectivity index (χ4v) is 5.21. The van der Waals surface area contributed by atoms with Crippen LogP contribution in [0.5, 0.6) is 5.75 Å². The average molecular weight is 554 g/mol. The maximum Gasteiger partial charge on any atom is 0.407 e. The van der Waals surface area contributed by atoms with E-state index in [1.54, 1.807) is 18.7 Å². The van der Waals surface area contributed by atoms with Gasteiger partial charge in [0.05, 0.1) is 6.54 Å². The number of hydrogen-bond acceptors (Lipinski definition) is 6. The van der Waals surface area contributed by atoms with E-state index in [4.69, 9.17) is 14.2 Å². The van der Waals surface area contributed by atoms with Crippen LogP contribution in [0.2, 0.25) is 0 Å². The van der Waals surface area contributed by atoms with E-state index in [-0.39, 0.29) is 19.8 Å². The fourth-order valence-electron chi connectivity index (χ4n) is 4.32. The Hall–Kier alpha value is -3.19. The molecule has 2 rings (SSSR count). The smallest absolute Gasteiger partial charge is 0.407 e. The molecule has 1 amide bonds. The zero-order chi connectivity index (χ0) is 28.8. The number of hydrogen-bond donors (Lipinski definition) is 1. The first-order valence-corrected chi connectivity index (χ1v) is 14.5. The number of nitrogens with one attached hydrogen (secondary N) is 1. The van der Waals surface area contributed by atoms with Crippen LogP contribution in [0.1, 0.15) is 53.5 Å². The lowest BCUT2D eigenvalue weighted by Gasteiger charge is -2.22. The second-order valence-corrected chi connectivity index (χ2v) is 11.0. The van der Waals surface area contributed by atoms with Gasteiger partial charge in [-0.1, -0.05) is 77.1 Å². The maximum absolute atomic E-state index is 12.4. The number of carbonyl (C=O) groups is 2. The van der Waals surface area contributed by atoms with Gasteiger partial charge in [0.25, 0.3) is 0 Å². The third-order valence-electron chi connectivity index (χ3n) is 5.99. The Balaban J connectivity index is 2.03. The molecule has 0 fully saturated rings. The topological polar surface area (TPSA) is 73.9 Å². The van der Waals surface area contributed by atoms with Gasteiger partial charge in [-0.15, -0.1) is 11.8 Å². The van der Waals surface area contributed by atoms with E-state index < -0.39 is 18.2 Å². The number of thioether (sulfide) groups is 1. The summed E-state index contributed by atoms with van der Waals surface area (Å²) in [6.45, 7) is 16.7. The largest absolute Gasteiger partial charge is 0.490 e. The van der Waals surface area contributed by atoms with Crippen molar-refractivity contribution >= 4 is 29.4 Å². The quantitative estimate of drug-likeness (QED) is 0.106. The number of esters is 1. The molecule has 1 unspecified atom stereocenters. The van der Waals surface area contributed by atoms with Crippen molar-refractivity contribution in [3.63, 3.8) is 0 Å². The number of amides is 1. The second-order valence-electron chi connectivity index (χ2n) is 9.93. The summed E-state index contributed by atoms with van der Waals surface area (Å²) in [7, 11) is 0. The van der Waals surface area contributed by atoms with Crippen molar-refractivity contribution in [2.24, 2.45) is 11.8 Å². The van der Waals surface area contributed by atoms with Crippen LogP contribution in [-0.4, -0.2) is 43.7 Å². The Bertz CT molecular complexity index is 1080. The van der Waals surface area contributed by atoms with E-state index in [1.807, 2.05) is 42.5 Å². The number of allylic oxidation sites excluding steroid dienone is 2. The second kappa shape index (κ2) is 16.7. The van der Waals surface area contributed by atoms with Gasteiger partial charge in [0.15, 0.2) is 0 Å². The van der Waals surface area contributed by atoms with Crippen molar-refractivity contribution in [2.75, 3.05) is 25.5 Å². The van der Waals surface area contributed by atoms with Crippen LogP contribution in [0.4, 0.5) is 4.79 Å². The van der Waals surface area contributed by atoms with Gasteiger partial charge >= 0.3 is 12.1 Å². The molecular formula is C32H43NO5S. The summed E-state index contributed by atoms with van der Waals surface area (Å²) < 4.78 is 16.7. The predicted octanol–water partition coefficient (Wildman–Crippen LogP) is 7.55. The third-order valence-corrected chi connectivity index (χ3v) is 7.13. The first kappa shape index (κ1) is 32.0. The molecule has 0 aliphatic rings. The van der Waals surface area contributed by atoms with Crippen LogP contribution in [0.25, 0.3) is 5.57 Å². The zero-order valence-electron chi connectivity index (χ0n) is 24.1. The third kappa shape index (κ3) is 11.2. The first-order valence-electron chi connectivity index (χ1n) is 13.5. The molecule has 0 heterocycles. The van der Waals surface area contributed by atoms with E-state index >= 15 is 0 Å². The lowest BCUT2D eigenvalue weighted by atomic mass is 9.84. The minimum atomic E-state index is -0.591. The number of ether oxygens (including phenoxy) is 3. The molecule has 0 radical (unpaired) electrons. The van der Waals surface area contributed by atoms with Gasteiger partial charge in [-0.25, -0.2) is 9.59 Å². The number of carbonyl (C=O) groups excluding carboxylic acids is 2. The van der Waals surface area contributed by atoms with Crippen LogP contribution in [0.15, 0.2) is 77.2 Å². The lowest BCUT2D eigenvalue weighted by molar-refractivity contribution is -0.138. The van der Waals surface area contributed by atoms with Crippen molar-refractivity contribution in [3.8, 4) is 5.75 Å². The highest BCUT2D eigenvalue weighted by molar-refractivity contribution is 7.99. The highest BCUT2D eigenvalue weighted by Gasteiger charge is 2.18. The summed E-state index contributed by atoms with van der Waals surface area (Å²) in [5.41, 5.74) is 4.39. The van der Waals surface area contributed by atoms with Crippen LogP contribution in [0, 0.1) is 11.8 Å². The van der Waals surface area contributed by atoms with Gasteiger partial charge in [0.2, 0.25) is 0 Å². The summed E-state index contributed by atoms with van der Waals surface area (Å²) in [6, 6.07) is 18.1. The maximum atomic E-state index is 12.4. The van der Waals surface area contributed by atoms with Crippen LogP contribution in [0.3, 0.4) is 0 Å². The molecule has 0 aromatic heterocycles. The molecule has 7 heteroatoms. The normalized spacial score (nSPS) is 11.6. The van der Waals surface area contributed by atoms with E-state index in [1.165, 1.54) is 16.7 Å². The minimum absolute atomic E-state index is 0.0383. The van der Waals surface area contributed by atoms with Gasteiger partial charge in [0.1, 0.15) is 25.1 Å². The average Bonchev–Trinajstić information content (AvgIpc) is 2.91. The monoisotopic (exact) mass is 553 g/mol. The molecule has 1 N–H and O–H groups in total. The molecule has 1 atom stereocenters. The van der Waals surface area contributed by atoms with Gasteiger partial charge < -0.3 is 19.5 Å². The fraction of sp³-hybridized carbons (Fsp3) is 0.438. The van der Waals surface area contributed by atoms with Crippen LogP contribution < -0.4 is 10.1 Å². The summed E-state index contributed by atoms with van der Waals surface area (Å²) in [5.74, 6) is 1.72. The molecule has 0 spiro atoms. The van der Waals surface area contributed by atoms with Crippen molar-refractivity contribution in [1.82, 2.24) is 5.32 Å². The van der Waals surface area contributed by atoms with Crippen molar-refractivity contribution in [2.45, 2.75) is 59.0 Å². The van der Waals surface area contributed by atoms with Crippen molar-refractivity contribution in [1.29, 1.82) is 0 Å². The number of rotatable bonds is 15. The highest BCUT2D eigenvalue weighted by Crippen LogP contribution is 2.32. The molecule has 39 heavy (non-hydrogen) atoms. The van der Waals surface area contributed by atoms with Gasteiger partial charge in [0, 0.05) is 16.2 Å². The van der Waals surface area contributed by atoms with E-state index in [0.29, 0.717) is 23.2 Å². The predicted molar refractivity (Wildman–Crippen MR) is 160 cm³/mol. The number of alkyl carbamates (subject to hydrolysis) is 1. The zero-order valence-corrected chi connectivity index (χ0v) is 24.9. The van der Waals surface area contributed by atoms with E-state index in [9.17, 15) is 9.59 Å². The summed E-state index contributed by atoms with van der Waals surface area (Å²) in [6.07, 6.45) is -0.112. The van der Waals surface area contributed by atoms with Gasteiger partial charge in [-0.3, -0.25) is 0 Å². The molecule has 2 aromatic carbocycles. The SMILES string of the molecule is C=C(C)C(=O)OCCNC(=O)OC(COc1ccc(C(CC)=C(C(C)C)C(C)C)cc1)CSc1ccccc1. The minimum Gasteiger partial charge on any atom is -0.490 e. The van der Waals surface area contributed by atoms with E-state index in [0.717, 1.165) is 17.1 Å². The Morgan fingerprint density at radius 2 is 1.62 bits per heavy atom. The Morgan fingerprint density at radius 3 is 2.18 bits per heavy atom. The highest BCUT2D eigenvalue weighted by atomic mass is 32.2. The number of benzene rings is 2. The Labute approximate surface area is 238 Å². The Kier molecular flexibility index (Phi) is 13.7. The first-order chi connectivity index (χ1) is 18.6.